The molecule has 1 aromatic carbocycles. The second-order valence-electron chi connectivity index (χ2n) is 6.16. The maximum absolute atomic E-state index is 12.6. The van der Waals surface area contributed by atoms with E-state index in [4.69, 9.17) is 0 Å². The molecule has 7 heteroatoms. The van der Waals surface area contributed by atoms with E-state index in [1.807, 2.05) is 4.90 Å². The van der Waals surface area contributed by atoms with E-state index in [0.29, 0.717) is 30.7 Å². The summed E-state index contributed by atoms with van der Waals surface area (Å²) in [5, 5.41) is 9.43. The smallest absolute Gasteiger partial charge is 0.326 e. The Morgan fingerprint density at radius 3 is 2.65 bits per heavy atom. The lowest BCUT2D eigenvalue weighted by atomic mass is 10.1. The van der Waals surface area contributed by atoms with Gasteiger partial charge in [0.1, 0.15) is 0 Å². The molecule has 124 valence electrons. The van der Waals surface area contributed by atoms with Crippen LogP contribution in [0.15, 0.2) is 23.0 Å². The molecule has 0 bridgehead atoms. The Bertz CT molecular complexity index is 769. The Kier molecular flexibility index (Phi) is 4.23. The van der Waals surface area contributed by atoms with E-state index in [-0.39, 0.29) is 17.7 Å². The van der Waals surface area contributed by atoms with Gasteiger partial charge in [-0.05, 0) is 25.1 Å². The second-order valence-corrected chi connectivity index (χ2v) is 6.16. The molecule has 1 atom stereocenters. The number of amides is 1. The van der Waals surface area contributed by atoms with Crippen molar-refractivity contribution in [3.63, 3.8) is 0 Å². The van der Waals surface area contributed by atoms with Crippen LogP contribution in [0.25, 0.3) is 11.0 Å². The van der Waals surface area contributed by atoms with Crippen LogP contribution in [0.2, 0.25) is 0 Å². The molecule has 2 N–H and O–H groups in total. The largest absolute Gasteiger partial charge is 0.392 e. The summed E-state index contributed by atoms with van der Waals surface area (Å²) >= 11 is 0. The average molecular weight is 318 g/mol. The fourth-order valence-electron chi connectivity index (χ4n) is 3.06. The van der Waals surface area contributed by atoms with E-state index >= 15 is 0 Å². The molecule has 1 aromatic heterocycles. The van der Waals surface area contributed by atoms with Gasteiger partial charge >= 0.3 is 5.69 Å². The number of aromatic nitrogens is 2. The highest BCUT2D eigenvalue weighted by Crippen LogP contribution is 2.15. The zero-order valence-corrected chi connectivity index (χ0v) is 13.5. The summed E-state index contributed by atoms with van der Waals surface area (Å²) in [7, 11) is 1.70. The number of fused-ring (bicyclic) bond motifs is 1. The molecule has 0 spiro atoms. The Morgan fingerprint density at radius 2 is 2.00 bits per heavy atom. The van der Waals surface area contributed by atoms with Crippen LogP contribution in [0.4, 0.5) is 0 Å². The lowest BCUT2D eigenvalue weighted by Crippen LogP contribution is -2.50. The molecule has 1 aliphatic heterocycles. The molecule has 2 heterocycles. The highest BCUT2D eigenvalue weighted by Gasteiger charge is 2.23. The predicted molar refractivity (Wildman–Crippen MR) is 87.6 cm³/mol. The Balaban J connectivity index is 1.73. The Labute approximate surface area is 134 Å². The molecule has 1 saturated heterocycles. The minimum Gasteiger partial charge on any atom is -0.392 e. The molecule has 0 saturated carbocycles. The number of hydrogen-bond donors (Lipinski definition) is 2. The highest BCUT2D eigenvalue weighted by atomic mass is 16.3. The van der Waals surface area contributed by atoms with Gasteiger partial charge in [0.15, 0.2) is 0 Å². The minimum atomic E-state index is -0.352. The summed E-state index contributed by atoms with van der Waals surface area (Å²) in [6.45, 7) is 5.23. The number of benzene rings is 1. The van der Waals surface area contributed by atoms with E-state index in [1.165, 1.54) is 4.57 Å². The van der Waals surface area contributed by atoms with Crippen LogP contribution in [0, 0.1) is 0 Å². The van der Waals surface area contributed by atoms with Crippen LogP contribution < -0.4 is 5.69 Å². The van der Waals surface area contributed by atoms with Gasteiger partial charge in [-0.1, -0.05) is 0 Å². The number of nitrogens with zero attached hydrogens (tertiary/aromatic N) is 3. The van der Waals surface area contributed by atoms with E-state index in [1.54, 1.807) is 32.2 Å². The first-order valence-electron chi connectivity index (χ1n) is 7.84. The number of piperazine rings is 1. The van der Waals surface area contributed by atoms with Gasteiger partial charge in [-0.3, -0.25) is 14.3 Å². The van der Waals surface area contributed by atoms with Crippen molar-refractivity contribution in [2.75, 3.05) is 32.7 Å². The van der Waals surface area contributed by atoms with Crippen molar-refractivity contribution in [2.45, 2.75) is 13.0 Å². The monoisotopic (exact) mass is 318 g/mol. The van der Waals surface area contributed by atoms with Crippen LogP contribution in [0.5, 0.6) is 0 Å². The summed E-state index contributed by atoms with van der Waals surface area (Å²) in [6, 6.07) is 5.30. The zero-order valence-electron chi connectivity index (χ0n) is 13.5. The van der Waals surface area contributed by atoms with Crippen molar-refractivity contribution >= 4 is 16.9 Å². The lowest BCUT2D eigenvalue weighted by Gasteiger charge is -2.35. The summed E-state index contributed by atoms with van der Waals surface area (Å²) in [4.78, 5) is 31.0. The standard InChI is InChI=1S/C16H22N4O3/c1-11(21)10-19-5-7-20(8-6-19)15(22)12-3-4-14-13(9-12)17-16(23)18(14)2/h3-4,9,11,21H,5-8,10H2,1-2H3,(H,17,23)/t11-/m0/s1. The number of imidazole rings is 1. The van der Waals surface area contributed by atoms with Crippen LogP contribution in [0.1, 0.15) is 17.3 Å². The molecular formula is C16H22N4O3. The number of aliphatic hydroxyl groups excluding tert-OH is 1. The van der Waals surface area contributed by atoms with Crippen LogP contribution in [-0.2, 0) is 7.05 Å². The minimum absolute atomic E-state index is 0.0201. The summed E-state index contributed by atoms with van der Waals surface area (Å²) in [5.41, 5.74) is 1.86. The van der Waals surface area contributed by atoms with E-state index < -0.39 is 0 Å². The normalized spacial score (nSPS) is 17.6. The number of nitrogens with one attached hydrogen (secondary N) is 1. The average Bonchev–Trinajstić information content (AvgIpc) is 2.81. The summed E-state index contributed by atoms with van der Waals surface area (Å²) < 4.78 is 1.53. The topological polar surface area (TPSA) is 81.6 Å². The SMILES string of the molecule is C[C@H](O)CN1CCN(C(=O)c2ccc3c(c2)[nH]c(=O)n3C)CC1. The molecule has 1 aliphatic rings. The van der Waals surface area contributed by atoms with Crippen molar-refractivity contribution in [1.29, 1.82) is 0 Å². The summed E-state index contributed by atoms with van der Waals surface area (Å²) in [6.07, 6.45) is -0.352. The zero-order chi connectivity index (χ0) is 16.6. The quantitative estimate of drug-likeness (QED) is 0.835. The van der Waals surface area contributed by atoms with Crippen molar-refractivity contribution < 1.29 is 9.90 Å². The third kappa shape index (κ3) is 3.16. The first-order chi connectivity index (χ1) is 11.0. The number of carbonyl (C=O) groups is 1. The van der Waals surface area contributed by atoms with E-state index in [0.717, 1.165) is 18.6 Å². The highest BCUT2D eigenvalue weighted by molar-refractivity contribution is 5.97. The predicted octanol–water partition coefficient (Wildman–Crippen LogP) is 0.00520. The lowest BCUT2D eigenvalue weighted by molar-refractivity contribution is 0.0554. The molecule has 0 radical (unpaired) electrons. The number of H-pyrrole nitrogens is 1. The van der Waals surface area contributed by atoms with Gasteiger partial charge in [0.05, 0.1) is 17.1 Å². The van der Waals surface area contributed by atoms with Gasteiger partial charge < -0.3 is 15.0 Å². The van der Waals surface area contributed by atoms with Crippen LogP contribution in [-0.4, -0.2) is 69.2 Å². The Morgan fingerprint density at radius 1 is 1.30 bits per heavy atom. The molecular weight excluding hydrogens is 296 g/mol. The maximum Gasteiger partial charge on any atom is 0.326 e. The van der Waals surface area contributed by atoms with Crippen LogP contribution in [0.3, 0.4) is 0 Å². The molecule has 1 amide bonds. The van der Waals surface area contributed by atoms with Gasteiger partial charge in [-0.25, -0.2) is 4.79 Å². The van der Waals surface area contributed by atoms with Crippen molar-refractivity contribution in [3.8, 4) is 0 Å². The van der Waals surface area contributed by atoms with Crippen molar-refractivity contribution in [3.05, 3.63) is 34.2 Å². The van der Waals surface area contributed by atoms with E-state index in [2.05, 4.69) is 9.88 Å². The number of rotatable bonds is 3. The first-order valence-corrected chi connectivity index (χ1v) is 7.84. The van der Waals surface area contributed by atoms with Gasteiger partial charge in [-0.2, -0.15) is 0 Å². The maximum atomic E-state index is 12.6. The van der Waals surface area contributed by atoms with E-state index in [9.17, 15) is 14.7 Å². The third-order valence-corrected chi connectivity index (χ3v) is 4.33. The number of hydrogen-bond acceptors (Lipinski definition) is 4. The number of aromatic amines is 1. The molecule has 23 heavy (non-hydrogen) atoms. The van der Waals surface area contributed by atoms with Crippen molar-refractivity contribution in [2.24, 2.45) is 7.05 Å². The van der Waals surface area contributed by atoms with Gasteiger partial charge in [0.2, 0.25) is 0 Å². The van der Waals surface area contributed by atoms with Gasteiger partial charge in [-0.15, -0.1) is 0 Å². The summed E-state index contributed by atoms with van der Waals surface area (Å²) in [5.74, 6) is -0.0201. The molecule has 2 aromatic rings. The Hall–Kier alpha value is -2.12. The molecule has 0 unspecified atom stereocenters. The van der Waals surface area contributed by atoms with Crippen molar-refractivity contribution in [1.82, 2.24) is 19.4 Å². The van der Waals surface area contributed by atoms with Crippen LogP contribution >= 0.6 is 0 Å². The number of carbonyl (C=O) groups excluding carboxylic acids is 1. The second kappa shape index (κ2) is 6.17. The molecule has 3 rings (SSSR count). The number of aryl methyl sites for hydroxylation is 1. The van der Waals surface area contributed by atoms with Gasteiger partial charge in [0.25, 0.3) is 5.91 Å². The van der Waals surface area contributed by atoms with Gasteiger partial charge in [0, 0.05) is 45.3 Å². The molecule has 7 nitrogen and oxygen atoms in total. The third-order valence-electron chi connectivity index (χ3n) is 4.33. The number of aliphatic hydroxyl groups is 1. The molecule has 0 aliphatic carbocycles. The molecule has 1 fully saturated rings. The number of β-amino-alcohol motifs (C(OH)–C–C–N with tert-alkyl or cyclic N) is 1. The first kappa shape index (κ1) is 15.8. The fourth-order valence-corrected chi connectivity index (χ4v) is 3.06. The fraction of sp³-hybridized carbons (Fsp3) is 0.500.